The van der Waals surface area contributed by atoms with Gasteiger partial charge in [0.1, 0.15) is 5.75 Å². The van der Waals surface area contributed by atoms with Crippen LogP contribution in [0.5, 0.6) is 5.75 Å². The molecule has 4 rings (SSSR count). The van der Waals surface area contributed by atoms with Gasteiger partial charge in [-0.3, -0.25) is 24.1 Å². The van der Waals surface area contributed by atoms with E-state index in [4.69, 9.17) is 4.74 Å². The maximum atomic E-state index is 12.3. The van der Waals surface area contributed by atoms with Gasteiger partial charge in [-0.05, 0) is 36.8 Å². The van der Waals surface area contributed by atoms with E-state index < -0.39 is 0 Å². The summed E-state index contributed by atoms with van der Waals surface area (Å²) in [5.74, 6) is -0.613. The largest absolute Gasteiger partial charge is 0.482 e. The SMILES string of the molecule is O=C(CCCN1C(=O)c2ccccc2C1=O)Nc1ccc2c(c1)NC(=O)CO2. The maximum Gasteiger partial charge on any atom is 0.262 e. The van der Waals surface area contributed by atoms with Crippen molar-refractivity contribution in [1.82, 2.24) is 4.90 Å². The zero-order chi connectivity index (χ0) is 19.7. The summed E-state index contributed by atoms with van der Waals surface area (Å²) in [5.41, 5.74) is 1.82. The Morgan fingerprint density at radius 3 is 2.50 bits per heavy atom. The van der Waals surface area contributed by atoms with Gasteiger partial charge in [0.25, 0.3) is 17.7 Å². The Morgan fingerprint density at radius 1 is 1.07 bits per heavy atom. The molecule has 2 aliphatic heterocycles. The van der Waals surface area contributed by atoms with E-state index in [1.807, 2.05) is 0 Å². The molecule has 0 spiro atoms. The Morgan fingerprint density at radius 2 is 1.79 bits per heavy atom. The summed E-state index contributed by atoms with van der Waals surface area (Å²) in [6.07, 6.45) is 0.495. The second kappa shape index (κ2) is 7.15. The summed E-state index contributed by atoms with van der Waals surface area (Å²) in [5, 5.41) is 5.41. The van der Waals surface area contributed by atoms with E-state index in [0.717, 1.165) is 0 Å². The van der Waals surface area contributed by atoms with Crippen LogP contribution in [0.1, 0.15) is 33.6 Å². The van der Waals surface area contributed by atoms with Gasteiger partial charge in [-0.2, -0.15) is 0 Å². The number of carbonyl (C=O) groups is 4. The number of anilines is 2. The highest BCUT2D eigenvalue weighted by Gasteiger charge is 2.34. The van der Waals surface area contributed by atoms with Gasteiger partial charge in [0.05, 0.1) is 16.8 Å². The third-order valence-corrected chi connectivity index (χ3v) is 4.56. The van der Waals surface area contributed by atoms with Crippen molar-refractivity contribution in [1.29, 1.82) is 0 Å². The Labute approximate surface area is 160 Å². The molecule has 0 atom stereocenters. The van der Waals surface area contributed by atoms with Gasteiger partial charge in [-0.25, -0.2) is 0 Å². The quantitative estimate of drug-likeness (QED) is 0.774. The minimum absolute atomic E-state index is 0.0312. The Hall–Kier alpha value is -3.68. The molecule has 0 saturated carbocycles. The molecule has 0 radical (unpaired) electrons. The molecular formula is C20H17N3O5. The normalized spacial score (nSPS) is 14.9. The fourth-order valence-electron chi connectivity index (χ4n) is 3.22. The van der Waals surface area contributed by atoms with E-state index in [1.165, 1.54) is 4.90 Å². The first-order valence-corrected chi connectivity index (χ1v) is 8.85. The highest BCUT2D eigenvalue weighted by molar-refractivity contribution is 6.21. The molecule has 2 aromatic carbocycles. The van der Waals surface area contributed by atoms with Crippen LogP contribution in [-0.4, -0.2) is 41.7 Å². The number of hydrogen-bond donors (Lipinski definition) is 2. The first-order chi connectivity index (χ1) is 13.5. The van der Waals surface area contributed by atoms with Crippen LogP contribution in [0.25, 0.3) is 0 Å². The van der Waals surface area contributed by atoms with Gasteiger partial charge in [0.2, 0.25) is 5.91 Å². The van der Waals surface area contributed by atoms with E-state index >= 15 is 0 Å². The summed E-state index contributed by atoms with van der Waals surface area (Å²) in [7, 11) is 0. The van der Waals surface area contributed by atoms with Crippen molar-refractivity contribution in [2.45, 2.75) is 12.8 Å². The van der Waals surface area contributed by atoms with Gasteiger partial charge >= 0.3 is 0 Å². The van der Waals surface area contributed by atoms with Crippen LogP contribution in [0.4, 0.5) is 11.4 Å². The van der Waals surface area contributed by atoms with Gasteiger partial charge < -0.3 is 15.4 Å². The van der Waals surface area contributed by atoms with Gasteiger partial charge in [-0.15, -0.1) is 0 Å². The third kappa shape index (κ3) is 3.32. The Bertz CT molecular complexity index is 966. The van der Waals surface area contributed by atoms with Crippen molar-refractivity contribution < 1.29 is 23.9 Å². The topological polar surface area (TPSA) is 105 Å². The molecule has 2 heterocycles. The fraction of sp³-hybridized carbons (Fsp3) is 0.200. The molecule has 2 aromatic rings. The molecule has 28 heavy (non-hydrogen) atoms. The van der Waals surface area contributed by atoms with E-state index in [-0.39, 0.29) is 43.2 Å². The minimum Gasteiger partial charge on any atom is -0.482 e. The van der Waals surface area contributed by atoms with Crippen molar-refractivity contribution in [2.75, 3.05) is 23.8 Å². The highest BCUT2D eigenvalue weighted by atomic mass is 16.5. The Kier molecular flexibility index (Phi) is 4.52. The van der Waals surface area contributed by atoms with Crippen molar-refractivity contribution in [3.05, 3.63) is 53.6 Å². The molecule has 8 heteroatoms. The summed E-state index contributed by atoms with van der Waals surface area (Å²) in [6, 6.07) is 11.7. The van der Waals surface area contributed by atoms with Crippen LogP contribution in [0.2, 0.25) is 0 Å². The summed E-state index contributed by atoms with van der Waals surface area (Å²) in [4.78, 5) is 49.3. The van der Waals surface area contributed by atoms with E-state index in [0.29, 0.717) is 34.7 Å². The average molecular weight is 379 g/mol. The number of imide groups is 1. The number of fused-ring (bicyclic) bond motifs is 2. The fourth-order valence-corrected chi connectivity index (χ4v) is 3.22. The van der Waals surface area contributed by atoms with Crippen LogP contribution >= 0.6 is 0 Å². The lowest BCUT2D eigenvalue weighted by atomic mass is 10.1. The zero-order valence-electron chi connectivity index (χ0n) is 14.9. The molecular weight excluding hydrogens is 362 g/mol. The lowest BCUT2D eigenvalue weighted by Crippen LogP contribution is -2.31. The second-order valence-corrected chi connectivity index (χ2v) is 6.51. The molecule has 142 valence electrons. The Balaban J connectivity index is 1.31. The molecule has 0 fully saturated rings. The number of amides is 4. The lowest BCUT2D eigenvalue weighted by molar-refractivity contribution is -0.118. The number of nitrogens with one attached hydrogen (secondary N) is 2. The summed E-state index contributed by atoms with van der Waals surface area (Å²) in [6.45, 7) is 0.143. The van der Waals surface area contributed by atoms with Crippen molar-refractivity contribution in [3.8, 4) is 5.75 Å². The predicted molar refractivity (Wildman–Crippen MR) is 100 cm³/mol. The van der Waals surface area contributed by atoms with Gasteiger partial charge in [-0.1, -0.05) is 12.1 Å². The number of hydrogen-bond acceptors (Lipinski definition) is 5. The molecule has 8 nitrogen and oxygen atoms in total. The van der Waals surface area contributed by atoms with Crippen LogP contribution in [-0.2, 0) is 9.59 Å². The first-order valence-electron chi connectivity index (χ1n) is 8.85. The molecule has 2 N–H and O–H groups in total. The molecule has 0 bridgehead atoms. The van der Waals surface area contributed by atoms with Gasteiger partial charge in [0, 0.05) is 18.7 Å². The zero-order valence-corrected chi connectivity index (χ0v) is 14.9. The van der Waals surface area contributed by atoms with E-state index in [1.54, 1.807) is 42.5 Å². The van der Waals surface area contributed by atoms with Crippen LogP contribution < -0.4 is 15.4 Å². The number of carbonyl (C=O) groups excluding carboxylic acids is 4. The van der Waals surface area contributed by atoms with E-state index in [9.17, 15) is 19.2 Å². The molecule has 0 unspecified atom stereocenters. The molecule has 0 saturated heterocycles. The summed E-state index contributed by atoms with van der Waals surface area (Å²) < 4.78 is 5.27. The van der Waals surface area contributed by atoms with Crippen molar-refractivity contribution in [3.63, 3.8) is 0 Å². The van der Waals surface area contributed by atoms with Crippen LogP contribution in [0, 0.1) is 0 Å². The van der Waals surface area contributed by atoms with Gasteiger partial charge in [0.15, 0.2) is 6.61 Å². The van der Waals surface area contributed by atoms with Crippen LogP contribution in [0.3, 0.4) is 0 Å². The highest BCUT2D eigenvalue weighted by Crippen LogP contribution is 2.30. The smallest absolute Gasteiger partial charge is 0.262 e. The minimum atomic E-state index is -0.327. The average Bonchev–Trinajstić information content (AvgIpc) is 2.93. The van der Waals surface area contributed by atoms with Crippen LogP contribution in [0.15, 0.2) is 42.5 Å². The standard InChI is InChI=1S/C20H17N3O5/c24-17(21-12-7-8-16-15(10-12)22-18(25)11-28-16)6-3-9-23-19(26)13-4-1-2-5-14(13)20(23)27/h1-2,4-5,7-8,10H,3,6,9,11H2,(H,21,24)(H,22,25). The second-order valence-electron chi connectivity index (χ2n) is 6.51. The van der Waals surface area contributed by atoms with Crippen molar-refractivity contribution in [2.24, 2.45) is 0 Å². The monoisotopic (exact) mass is 379 g/mol. The number of nitrogens with zero attached hydrogens (tertiary/aromatic N) is 1. The molecule has 4 amide bonds. The lowest BCUT2D eigenvalue weighted by Gasteiger charge is -2.18. The number of rotatable bonds is 5. The first kappa shape index (κ1) is 17.7. The van der Waals surface area contributed by atoms with E-state index in [2.05, 4.69) is 10.6 Å². The molecule has 0 aliphatic carbocycles. The number of ether oxygens (including phenoxy) is 1. The predicted octanol–water partition coefficient (Wildman–Crippen LogP) is 2.03. The maximum absolute atomic E-state index is 12.3. The number of benzene rings is 2. The summed E-state index contributed by atoms with van der Waals surface area (Å²) >= 11 is 0. The molecule has 0 aromatic heterocycles. The van der Waals surface area contributed by atoms with Crippen molar-refractivity contribution >= 4 is 35.0 Å². The molecule has 2 aliphatic rings. The third-order valence-electron chi connectivity index (χ3n) is 4.56.